The molecule has 1 N–H and O–H groups in total. The number of hydrogen-bond acceptors (Lipinski definition) is 12. The molecule has 3 aliphatic rings. The van der Waals surface area contributed by atoms with E-state index < -0.39 is 36.0 Å². The van der Waals surface area contributed by atoms with Gasteiger partial charge in [-0.3, -0.25) is 0 Å². The van der Waals surface area contributed by atoms with Crippen LogP contribution in [0.2, 0.25) is 0 Å². The Labute approximate surface area is 285 Å². The number of aromatic nitrogens is 4. The van der Waals surface area contributed by atoms with Crippen molar-refractivity contribution in [3.63, 3.8) is 0 Å². The minimum absolute atomic E-state index is 0.0216. The maximum absolute atomic E-state index is 14.1. The topological polar surface area (TPSA) is 139 Å². The zero-order chi connectivity index (χ0) is 34.7. The van der Waals surface area contributed by atoms with E-state index in [4.69, 9.17) is 23.6 Å². The lowest BCUT2D eigenvalue weighted by molar-refractivity contribution is -0.228. The van der Waals surface area contributed by atoms with Crippen LogP contribution in [0, 0.1) is 0 Å². The number of morpholine rings is 1. The standard InChI is InChI=1S/C35H35F2N7O6/c1-19-35(17-47-18-35)48-11-10-43(19)24-12-21(20-8-9-38-27(13-20)42(2)3)15-39-33(24)49-22-14-25(34(45)46)44(16-22)32-29-28(40-31(41-32)30(36)37)23-6-4-5-7-26(23)50-29/h4-9,12-13,15,19,22,25,30H,10-11,14,16-18H2,1-3H3,(H,45,46)/t19-,22-,25-/m0/s1. The van der Waals surface area contributed by atoms with Crippen molar-refractivity contribution in [1.82, 2.24) is 19.9 Å². The van der Waals surface area contributed by atoms with Gasteiger partial charge in [0, 0.05) is 50.4 Å². The zero-order valence-electron chi connectivity index (χ0n) is 27.6. The van der Waals surface area contributed by atoms with Crippen molar-refractivity contribution in [2.45, 2.75) is 43.6 Å². The van der Waals surface area contributed by atoms with Gasteiger partial charge in [-0.25, -0.2) is 33.5 Å². The van der Waals surface area contributed by atoms with Gasteiger partial charge in [-0.2, -0.15) is 0 Å². The summed E-state index contributed by atoms with van der Waals surface area (Å²) in [5.74, 6) is -0.772. The van der Waals surface area contributed by atoms with E-state index in [1.165, 1.54) is 4.90 Å². The summed E-state index contributed by atoms with van der Waals surface area (Å²) in [5.41, 5.74) is 2.77. The molecule has 3 fully saturated rings. The van der Waals surface area contributed by atoms with Gasteiger partial charge < -0.3 is 38.4 Å². The average molecular weight is 688 g/mol. The Morgan fingerprint density at radius 2 is 1.92 bits per heavy atom. The van der Waals surface area contributed by atoms with Crippen molar-refractivity contribution < 1.29 is 37.3 Å². The molecule has 15 heteroatoms. The summed E-state index contributed by atoms with van der Waals surface area (Å²) >= 11 is 0. The van der Waals surface area contributed by atoms with E-state index >= 15 is 0 Å². The van der Waals surface area contributed by atoms with Gasteiger partial charge >= 0.3 is 5.97 Å². The van der Waals surface area contributed by atoms with Crippen LogP contribution in [-0.2, 0) is 14.3 Å². The lowest BCUT2D eigenvalue weighted by Crippen LogP contribution is -2.68. The highest BCUT2D eigenvalue weighted by molar-refractivity contribution is 6.06. The minimum Gasteiger partial charge on any atom is -0.480 e. The molecule has 3 saturated heterocycles. The minimum atomic E-state index is -2.98. The normalized spacial score (nSPS) is 21.7. The Balaban J connectivity index is 1.17. The molecular weight excluding hydrogens is 652 g/mol. The molecule has 0 unspecified atom stereocenters. The number of rotatable bonds is 8. The number of hydrogen-bond donors (Lipinski definition) is 1. The number of fused-ring (bicyclic) bond motifs is 3. The van der Waals surface area contributed by atoms with E-state index in [2.05, 4.69) is 26.8 Å². The third-order valence-electron chi connectivity index (χ3n) is 9.83. The lowest BCUT2D eigenvalue weighted by atomic mass is 9.90. The smallest absolute Gasteiger partial charge is 0.326 e. The summed E-state index contributed by atoms with van der Waals surface area (Å²) in [5, 5.41) is 10.9. The number of anilines is 3. The van der Waals surface area contributed by atoms with Gasteiger partial charge in [-0.15, -0.1) is 0 Å². The second-order valence-electron chi connectivity index (χ2n) is 13.1. The highest BCUT2D eigenvalue weighted by Gasteiger charge is 2.50. The van der Waals surface area contributed by atoms with Crippen LogP contribution in [0.15, 0.2) is 59.3 Å². The molecule has 3 atom stereocenters. The molecule has 0 amide bonds. The van der Waals surface area contributed by atoms with Gasteiger partial charge in [0.05, 0.1) is 32.4 Å². The average Bonchev–Trinajstić information content (AvgIpc) is 3.69. The predicted molar refractivity (Wildman–Crippen MR) is 180 cm³/mol. The van der Waals surface area contributed by atoms with Crippen LogP contribution in [0.5, 0.6) is 5.88 Å². The fraction of sp³-hybridized carbons (Fsp3) is 0.400. The van der Waals surface area contributed by atoms with Gasteiger partial charge in [0.1, 0.15) is 40.4 Å². The first-order valence-electron chi connectivity index (χ1n) is 16.4. The number of carboxylic acids is 1. The molecule has 13 nitrogen and oxygen atoms in total. The van der Waals surface area contributed by atoms with Crippen LogP contribution < -0.4 is 19.4 Å². The summed E-state index contributed by atoms with van der Waals surface area (Å²) in [6.07, 6.45) is -0.154. The number of alkyl halides is 2. The highest BCUT2D eigenvalue weighted by Crippen LogP contribution is 2.42. The lowest BCUT2D eigenvalue weighted by Gasteiger charge is -2.53. The summed E-state index contributed by atoms with van der Waals surface area (Å²) in [6.45, 7) is 4.10. The quantitative estimate of drug-likeness (QED) is 0.236. The molecule has 5 aromatic rings. The first kappa shape index (κ1) is 32.1. The summed E-state index contributed by atoms with van der Waals surface area (Å²) < 4.78 is 52.6. The Bertz CT molecular complexity index is 2090. The van der Waals surface area contributed by atoms with E-state index in [-0.39, 0.29) is 35.9 Å². The van der Waals surface area contributed by atoms with Crippen LogP contribution in [0.4, 0.5) is 26.1 Å². The van der Waals surface area contributed by atoms with E-state index in [9.17, 15) is 18.7 Å². The van der Waals surface area contributed by atoms with Gasteiger partial charge in [0.2, 0.25) is 5.88 Å². The van der Waals surface area contributed by atoms with Gasteiger partial charge in [-0.05, 0) is 42.8 Å². The number of furan rings is 1. The van der Waals surface area contributed by atoms with Crippen molar-refractivity contribution in [3.05, 3.63) is 60.7 Å². The van der Waals surface area contributed by atoms with Gasteiger partial charge in [0.15, 0.2) is 17.2 Å². The number of benzene rings is 1. The highest BCUT2D eigenvalue weighted by atomic mass is 19.3. The van der Waals surface area contributed by atoms with Crippen LogP contribution in [0.3, 0.4) is 0 Å². The van der Waals surface area contributed by atoms with E-state index in [1.54, 1.807) is 36.7 Å². The largest absolute Gasteiger partial charge is 0.480 e. The van der Waals surface area contributed by atoms with Gasteiger partial charge in [-0.1, -0.05) is 12.1 Å². The Kier molecular flexibility index (Phi) is 7.90. The molecule has 4 aromatic heterocycles. The van der Waals surface area contributed by atoms with Crippen molar-refractivity contribution in [3.8, 4) is 17.0 Å². The fourth-order valence-corrected chi connectivity index (χ4v) is 7.03. The Morgan fingerprint density at radius 3 is 2.66 bits per heavy atom. The Hall–Kier alpha value is -5.15. The maximum Gasteiger partial charge on any atom is 0.326 e. The van der Waals surface area contributed by atoms with Crippen LogP contribution in [-0.4, -0.2) is 102 Å². The first-order valence-corrected chi connectivity index (χ1v) is 16.4. The summed E-state index contributed by atoms with van der Waals surface area (Å²) in [7, 11) is 3.85. The number of nitrogens with zero attached hydrogens (tertiary/aromatic N) is 7. The number of aliphatic carboxylic acids is 1. The van der Waals surface area contributed by atoms with E-state index in [0.29, 0.717) is 43.2 Å². The molecule has 1 spiro atoms. The van der Waals surface area contributed by atoms with Crippen LogP contribution >= 0.6 is 0 Å². The van der Waals surface area contributed by atoms with Crippen molar-refractivity contribution in [2.75, 3.05) is 61.7 Å². The predicted octanol–water partition coefficient (Wildman–Crippen LogP) is 4.94. The molecule has 0 radical (unpaired) electrons. The first-order chi connectivity index (χ1) is 24.1. The third kappa shape index (κ3) is 5.40. The van der Waals surface area contributed by atoms with Crippen LogP contribution in [0.25, 0.3) is 33.2 Å². The van der Waals surface area contributed by atoms with E-state index in [1.807, 2.05) is 37.2 Å². The van der Waals surface area contributed by atoms with Crippen molar-refractivity contribution in [2.24, 2.45) is 0 Å². The number of pyridine rings is 2. The van der Waals surface area contributed by atoms with Crippen molar-refractivity contribution >= 4 is 45.4 Å². The molecule has 3 aliphatic heterocycles. The zero-order valence-corrected chi connectivity index (χ0v) is 27.6. The maximum atomic E-state index is 14.1. The molecule has 50 heavy (non-hydrogen) atoms. The number of para-hydroxylation sites is 1. The molecule has 8 rings (SSSR count). The number of halogens is 2. The van der Waals surface area contributed by atoms with Crippen LogP contribution in [0.1, 0.15) is 25.6 Å². The summed E-state index contributed by atoms with van der Waals surface area (Å²) in [6, 6.07) is 11.6. The fourth-order valence-electron chi connectivity index (χ4n) is 7.03. The molecule has 1 aromatic carbocycles. The van der Waals surface area contributed by atoms with E-state index in [0.717, 1.165) is 22.6 Å². The number of ether oxygens (including phenoxy) is 3. The molecule has 260 valence electrons. The Morgan fingerprint density at radius 1 is 1.10 bits per heavy atom. The molecule has 0 bridgehead atoms. The number of carboxylic acid groups (broad SMARTS) is 1. The molecule has 7 heterocycles. The molecule has 0 aliphatic carbocycles. The van der Waals surface area contributed by atoms with Gasteiger partial charge in [0.25, 0.3) is 6.43 Å². The molecular formula is C35H35F2N7O6. The third-order valence-corrected chi connectivity index (χ3v) is 9.83. The second-order valence-corrected chi connectivity index (χ2v) is 13.1. The molecule has 0 saturated carbocycles. The number of carbonyl (C=O) groups is 1. The summed E-state index contributed by atoms with van der Waals surface area (Å²) in [4.78, 5) is 35.7. The van der Waals surface area contributed by atoms with Crippen molar-refractivity contribution in [1.29, 1.82) is 0 Å². The second kappa shape index (κ2) is 12.3. The SMILES string of the molecule is C[C@@H]1N(c2cc(-c3ccnc(N(C)C)c3)cnc2O[C@H]2C[C@@H](C(=O)O)N(c3nc(C(F)F)nc4c3oc3ccccc34)C2)CCOC12COC2. The monoisotopic (exact) mass is 687 g/mol.